The Morgan fingerprint density at radius 3 is 1.97 bits per heavy atom. The van der Waals surface area contributed by atoms with Crippen LogP contribution in [0.5, 0.6) is 5.75 Å². The summed E-state index contributed by atoms with van der Waals surface area (Å²) < 4.78 is 27.3. The van der Waals surface area contributed by atoms with E-state index in [0.29, 0.717) is 46.2 Å². The van der Waals surface area contributed by atoms with Crippen LogP contribution in [0, 0.1) is 0 Å². The maximum atomic E-state index is 5.98. The Balaban J connectivity index is 1.91. The molecule has 2 rings (SSSR count). The average molecular weight is 404 g/mol. The summed E-state index contributed by atoms with van der Waals surface area (Å²) in [6.07, 6.45) is 0. The molecular formula is C23H33NO5. The fraction of sp³-hybridized carbons (Fsp3) is 0.478. The van der Waals surface area contributed by atoms with E-state index in [-0.39, 0.29) is 0 Å². The van der Waals surface area contributed by atoms with Gasteiger partial charge in [-0.15, -0.1) is 0 Å². The first kappa shape index (κ1) is 23.2. The van der Waals surface area contributed by atoms with Crippen LogP contribution in [0.25, 0.3) is 0 Å². The second kappa shape index (κ2) is 14.8. The number of hydrogen-bond acceptors (Lipinski definition) is 6. The molecule has 6 heteroatoms. The average Bonchev–Trinajstić information content (AvgIpc) is 2.77. The van der Waals surface area contributed by atoms with Gasteiger partial charge in [-0.05, 0) is 17.7 Å². The van der Waals surface area contributed by atoms with Gasteiger partial charge < -0.3 is 28.6 Å². The molecule has 0 aliphatic rings. The molecule has 0 radical (unpaired) electrons. The first-order chi connectivity index (χ1) is 14.3. The van der Waals surface area contributed by atoms with Crippen LogP contribution in [0.3, 0.4) is 0 Å². The highest BCUT2D eigenvalue weighted by Gasteiger charge is 2.08. The van der Waals surface area contributed by atoms with Crippen LogP contribution in [0.1, 0.15) is 5.56 Å². The van der Waals surface area contributed by atoms with E-state index in [0.717, 1.165) is 30.1 Å². The Kier molecular flexibility index (Phi) is 11.8. The van der Waals surface area contributed by atoms with Crippen molar-refractivity contribution < 1.29 is 23.7 Å². The number of hydrogen-bond donors (Lipinski definition) is 0. The van der Waals surface area contributed by atoms with E-state index >= 15 is 0 Å². The number of rotatable bonds is 16. The molecule has 0 amide bonds. The van der Waals surface area contributed by atoms with Gasteiger partial charge in [0.2, 0.25) is 0 Å². The van der Waals surface area contributed by atoms with Crippen molar-refractivity contribution in [2.75, 3.05) is 71.9 Å². The molecule has 0 atom stereocenters. The van der Waals surface area contributed by atoms with E-state index < -0.39 is 0 Å². The molecule has 0 unspecified atom stereocenters. The van der Waals surface area contributed by atoms with Crippen molar-refractivity contribution in [1.82, 2.24) is 0 Å². The number of methoxy groups -OCH3 is 2. The molecule has 2 aromatic rings. The summed E-state index contributed by atoms with van der Waals surface area (Å²) in [6.45, 7) is 5.70. The summed E-state index contributed by atoms with van der Waals surface area (Å²) in [7, 11) is 3.35. The molecule has 2 aromatic carbocycles. The van der Waals surface area contributed by atoms with Crippen molar-refractivity contribution in [2.45, 2.75) is 6.61 Å². The third-order valence-electron chi connectivity index (χ3n) is 4.31. The maximum Gasteiger partial charge on any atom is 0.121 e. The van der Waals surface area contributed by atoms with Crippen LogP contribution in [0.2, 0.25) is 0 Å². The predicted molar refractivity (Wildman–Crippen MR) is 115 cm³/mol. The van der Waals surface area contributed by atoms with E-state index in [9.17, 15) is 0 Å². The molecule has 160 valence electrons. The second-order valence-electron chi connectivity index (χ2n) is 6.47. The SMILES string of the molecule is COCCOCCN(CCOCCOC)c1cccc(OCc2ccccc2)c1. The number of benzene rings is 2. The second-order valence-corrected chi connectivity index (χ2v) is 6.47. The van der Waals surface area contributed by atoms with Crippen LogP contribution in [0.15, 0.2) is 54.6 Å². The summed E-state index contributed by atoms with van der Waals surface area (Å²) in [5.41, 5.74) is 2.23. The van der Waals surface area contributed by atoms with Crippen molar-refractivity contribution in [3.8, 4) is 5.75 Å². The normalized spacial score (nSPS) is 10.8. The molecule has 0 bridgehead atoms. The van der Waals surface area contributed by atoms with Gasteiger partial charge in [0.1, 0.15) is 12.4 Å². The molecule has 29 heavy (non-hydrogen) atoms. The highest BCUT2D eigenvalue weighted by Crippen LogP contribution is 2.22. The van der Waals surface area contributed by atoms with Gasteiger partial charge in [0.25, 0.3) is 0 Å². The molecule has 0 fully saturated rings. The van der Waals surface area contributed by atoms with E-state index in [1.54, 1.807) is 14.2 Å². The van der Waals surface area contributed by atoms with Crippen molar-refractivity contribution in [3.05, 3.63) is 60.2 Å². The van der Waals surface area contributed by atoms with E-state index in [1.807, 2.05) is 30.3 Å². The van der Waals surface area contributed by atoms with Gasteiger partial charge in [-0.3, -0.25) is 0 Å². The Morgan fingerprint density at radius 1 is 0.690 bits per heavy atom. The predicted octanol–water partition coefficient (Wildman–Crippen LogP) is 3.40. The third kappa shape index (κ3) is 9.76. The van der Waals surface area contributed by atoms with E-state index in [2.05, 4.69) is 29.2 Å². The van der Waals surface area contributed by atoms with Gasteiger partial charge in [0.05, 0.1) is 39.6 Å². The fourth-order valence-electron chi connectivity index (χ4n) is 2.72. The van der Waals surface area contributed by atoms with Gasteiger partial charge in [-0.1, -0.05) is 36.4 Å². The fourth-order valence-corrected chi connectivity index (χ4v) is 2.72. The minimum Gasteiger partial charge on any atom is -0.489 e. The van der Waals surface area contributed by atoms with Gasteiger partial charge >= 0.3 is 0 Å². The van der Waals surface area contributed by atoms with E-state index in [1.165, 1.54) is 0 Å². The summed E-state index contributed by atoms with van der Waals surface area (Å²) in [4.78, 5) is 2.25. The van der Waals surface area contributed by atoms with Crippen LogP contribution >= 0.6 is 0 Å². The molecule has 0 aromatic heterocycles. The number of nitrogens with zero attached hydrogens (tertiary/aromatic N) is 1. The lowest BCUT2D eigenvalue weighted by Crippen LogP contribution is -2.31. The Bertz CT molecular complexity index is 639. The minimum atomic E-state index is 0.546. The van der Waals surface area contributed by atoms with Crippen LogP contribution in [0.4, 0.5) is 5.69 Å². The minimum absolute atomic E-state index is 0.546. The largest absolute Gasteiger partial charge is 0.489 e. The summed E-state index contributed by atoms with van der Waals surface area (Å²) in [5.74, 6) is 0.844. The zero-order valence-electron chi connectivity index (χ0n) is 17.5. The van der Waals surface area contributed by atoms with Gasteiger partial charge in [0.15, 0.2) is 0 Å². The van der Waals surface area contributed by atoms with Crippen molar-refractivity contribution in [1.29, 1.82) is 0 Å². The van der Waals surface area contributed by atoms with Crippen LogP contribution in [-0.4, -0.2) is 67.0 Å². The molecule has 0 aliphatic carbocycles. The smallest absolute Gasteiger partial charge is 0.121 e. The molecule has 0 spiro atoms. The Morgan fingerprint density at radius 2 is 1.34 bits per heavy atom. The lowest BCUT2D eigenvalue weighted by atomic mass is 10.2. The third-order valence-corrected chi connectivity index (χ3v) is 4.31. The van der Waals surface area contributed by atoms with Crippen molar-refractivity contribution in [2.24, 2.45) is 0 Å². The molecule has 0 saturated heterocycles. The summed E-state index contributed by atoms with van der Waals surface area (Å²) in [6, 6.07) is 18.3. The number of ether oxygens (including phenoxy) is 5. The standard InChI is InChI=1S/C23H33NO5/c1-25-15-17-27-13-11-24(12-14-28-18-16-26-2)22-9-6-10-23(19-22)29-20-21-7-4-3-5-8-21/h3-10,19H,11-18,20H2,1-2H3. The Labute approximate surface area is 174 Å². The lowest BCUT2D eigenvalue weighted by Gasteiger charge is -2.25. The maximum absolute atomic E-state index is 5.98. The van der Waals surface area contributed by atoms with Crippen molar-refractivity contribution >= 4 is 5.69 Å². The quantitative estimate of drug-likeness (QED) is 0.401. The summed E-state index contributed by atoms with van der Waals surface area (Å²) >= 11 is 0. The topological polar surface area (TPSA) is 49.4 Å². The lowest BCUT2D eigenvalue weighted by molar-refractivity contribution is 0.0677. The van der Waals surface area contributed by atoms with Crippen LogP contribution < -0.4 is 9.64 Å². The van der Waals surface area contributed by atoms with Gasteiger partial charge in [-0.2, -0.15) is 0 Å². The molecule has 0 N–H and O–H groups in total. The molecule has 0 saturated carbocycles. The molecule has 0 aliphatic heterocycles. The highest BCUT2D eigenvalue weighted by molar-refractivity contribution is 5.50. The zero-order chi connectivity index (χ0) is 20.6. The van der Waals surface area contributed by atoms with Crippen LogP contribution in [-0.2, 0) is 25.6 Å². The first-order valence-corrected chi connectivity index (χ1v) is 9.98. The monoisotopic (exact) mass is 403 g/mol. The van der Waals surface area contributed by atoms with Crippen molar-refractivity contribution in [3.63, 3.8) is 0 Å². The zero-order valence-corrected chi connectivity index (χ0v) is 17.5. The van der Waals surface area contributed by atoms with E-state index in [4.69, 9.17) is 23.7 Å². The molecule has 0 heterocycles. The number of anilines is 1. The highest BCUT2D eigenvalue weighted by atomic mass is 16.5. The molecular weight excluding hydrogens is 370 g/mol. The van der Waals surface area contributed by atoms with Gasteiger partial charge in [0, 0.05) is 39.1 Å². The summed E-state index contributed by atoms with van der Waals surface area (Å²) in [5, 5.41) is 0. The Hall–Kier alpha value is -2.12. The molecule has 6 nitrogen and oxygen atoms in total. The van der Waals surface area contributed by atoms with Gasteiger partial charge in [-0.25, -0.2) is 0 Å². The first-order valence-electron chi connectivity index (χ1n) is 9.98.